The number of hydrogen-bond acceptors (Lipinski definition) is 5. The first-order chi connectivity index (χ1) is 18.1. The molecule has 7 nitrogen and oxygen atoms in total. The average Bonchev–Trinajstić information content (AvgIpc) is 3.53. The Labute approximate surface area is 227 Å². The Morgan fingerprint density at radius 2 is 1.82 bits per heavy atom. The van der Waals surface area contributed by atoms with Crippen LogP contribution >= 0.6 is 0 Å². The van der Waals surface area contributed by atoms with Crippen molar-refractivity contribution in [3.8, 4) is 0 Å². The molecule has 2 N–H and O–H groups in total. The highest BCUT2D eigenvalue weighted by molar-refractivity contribution is 7.89. The molecule has 4 rings (SSSR count). The van der Waals surface area contributed by atoms with Crippen molar-refractivity contribution in [1.29, 1.82) is 0 Å². The number of hydrogen-bond donors (Lipinski definition) is 2. The monoisotopic (exact) mass is 542 g/mol. The molecule has 2 unspecified atom stereocenters. The second-order valence-electron chi connectivity index (χ2n) is 11.5. The fourth-order valence-electron chi connectivity index (χ4n) is 5.75. The predicted molar refractivity (Wildman–Crippen MR) is 148 cm³/mol. The van der Waals surface area contributed by atoms with Gasteiger partial charge >= 0.3 is 0 Å². The molecule has 4 atom stereocenters. The maximum atomic E-state index is 13.6. The molecule has 8 heteroatoms. The minimum Gasteiger partial charge on any atom is -0.390 e. The van der Waals surface area contributed by atoms with Crippen LogP contribution in [0.2, 0.25) is 0 Å². The molecule has 0 aromatic heterocycles. The zero-order valence-corrected chi connectivity index (χ0v) is 23.6. The Morgan fingerprint density at radius 3 is 2.45 bits per heavy atom. The molecular weight excluding hydrogens is 500 g/mol. The number of aryl methyl sites for hydroxylation is 1. The first-order valence-electron chi connectivity index (χ1n) is 13.8. The minimum atomic E-state index is -3.83. The van der Waals surface area contributed by atoms with Crippen LogP contribution in [0.25, 0.3) is 0 Å². The topological polar surface area (TPSA) is 95.9 Å². The summed E-state index contributed by atoms with van der Waals surface area (Å²) in [5.41, 5.74) is 1.77. The summed E-state index contributed by atoms with van der Waals surface area (Å²) in [6, 6.07) is 15.8. The number of carbonyl (C=O) groups excluding carboxylic acids is 1. The van der Waals surface area contributed by atoms with E-state index in [4.69, 9.17) is 4.74 Å². The van der Waals surface area contributed by atoms with Gasteiger partial charge in [-0.3, -0.25) is 4.79 Å². The molecule has 1 aliphatic carbocycles. The highest BCUT2D eigenvalue weighted by Crippen LogP contribution is 2.44. The summed E-state index contributed by atoms with van der Waals surface area (Å²) in [5, 5.41) is 14.6. The number of carbonyl (C=O) groups is 1. The molecule has 1 saturated heterocycles. The number of sulfonamides is 1. The van der Waals surface area contributed by atoms with Crippen molar-refractivity contribution in [3.63, 3.8) is 0 Å². The molecular formula is C30H42N2O5S. The zero-order chi connectivity index (χ0) is 27.3. The first kappa shape index (κ1) is 28.7. The lowest BCUT2D eigenvalue weighted by molar-refractivity contribution is -0.127. The van der Waals surface area contributed by atoms with E-state index >= 15 is 0 Å². The SMILES string of the molecule is Cc1ccc(S(=O)(=O)N(CC(C)C)C[C@@H](O)[C@H](Cc2ccccc2)NC(=O)C2CCC3(CCCO3)C2)cc1. The van der Waals surface area contributed by atoms with Crippen molar-refractivity contribution in [2.24, 2.45) is 11.8 Å². The third-order valence-corrected chi connectivity index (χ3v) is 9.68. The van der Waals surface area contributed by atoms with Crippen molar-refractivity contribution >= 4 is 15.9 Å². The van der Waals surface area contributed by atoms with Gasteiger partial charge in [-0.1, -0.05) is 61.9 Å². The number of amides is 1. The summed E-state index contributed by atoms with van der Waals surface area (Å²) in [5.74, 6) is -0.193. The van der Waals surface area contributed by atoms with Gasteiger partial charge in [0.15, 0.2) is 0 Å². The number of ether oxygens (including phenoxy) is 1. The van der Waals surface area contributed by atoms with E-state index in [0.717, 1.165) is 43.4 Å². The summed E-state index contributed by atoms with van der Waals surface area (Å²) < 4.78 is 34.5. The minimum absolute atomic E-state index is 0.0608. The highest BCUT2D eigenvalue weighted by atomic mass is 32.2. The normalized spacial score (nSPS) is 23.3. The lowest BCUT2D eigenvalue weighted by Crippen LogP contribution is -2.52. The van der Waals surface area contributed by atoms with Crippen LogP contribution in [0.4, 0.5) is 0 Å². The fraction of sp³-hybridized carbons (Fsp3) is 0.567. The molecule has 0 radical (unpaired) electrons. The smallest absolute Gasteiger partial charge is 0.243 e. The van der Waals surface area contributed by atoms with Gasteiger partial charge in [-0.2, -0.15) is 4.31 Å². The second kappa shape index (κ2) is 12.3. The maximum Gasteiger partial charge on any atom is 0.243 e. The van der Waals surface area contributed by atoms with Gasteiger partial charge in [0.1, 0.15) is 0 Å². The lowest BCUT2D eigenvalue weighted by atomic mass is 9.95. The Balaban J connectivity index is 1.53. The van der Waals surface area contributed by atoms with Gasteiger partial charge in [0.05, 0.1) is 22.6 Å². The number of benzene rings is 2. The Kier molecular flexibility index (Phi) is 9.29. The van der Waals surface area contributed by atoms with Crippen LogP contribution in [0, 0.1) is 18.8 Å². The molecule has 2 aliphatic rings. The largest absolute Gasteiger partial charge is 0.390 e. The van der Waals surface area contributed by atoms with Crippen LogP contribution in [-0.2, 0) is 26.0 Å². The van der Waals surface area contributed by atoms with E-state index in [1.54, 1.807) is 24.3 Å². The summed E-state index contributed by atoms with van der Waals surface area (Å²) in [4.78, 5) is 13.6. The summed E-state index contributed by atoms with van der Waals surface area (Å²) in [7, 11) is -3.83. The Bertz CT molecular complexity index is 1160. The van der Waals surface area contributed by atoms with Gasteiger partial charge < -0.3 is 15.2 Å². The molecule has 208 valence electrons. The molecule has 1 spiro atoms. The molecule has 38 heavy (non-hydrogen) atoms. The standard InChI is InChI=1S/C30H42N2O5S/c1-22(2)20-32(38(35,36)26-12-10-23(3)11-13-26)21-28(33)27(18-24-8-5-4-6-9-24)31-29(34)25-14-16-30(19-25)15-7-17-37-30/h4-6,8-13,22,25,27-28,33H,7,14-21H2,1-3H3,(H,31,34)/t25?,27-,28+,30?/m0/s1. The van der Waals surface area contributed by atoms with Gasteiger partial charge in [0.2, 0.25) is 15.9 Å². The van der Waals surface area contributed by atoms with Crippen LogP contribution in [-0.4, -0.2) is 61.2 Å². The lowest BCUT2D eigenvalue weighted by Gasteiger charge is -2.31. The fourth-order valence-corrected chi connectivity index (χ4v) is 7.37. The van der Waals surface area contributed by atoms with E-state index in [-0.39, 0.29) is 41.3 Å². The second-order valence-corrected chi connectivity index (χ2v) is 13.4. The van der Waals surface area contributed by atoms with Crippen LogP contribution in [0.15, 0.2) is 59.5 Å². The van der Waals surface area contributed by atoms with Crippen molar-refractivity contribution in [2.75, 3.05) is 19.7 Å². The van der Waals surface area contributed by atoms with Crippen LogP contribution in [0.5, 0.6) is 0 Å². The van der Waals surface area contributed by atoms with Gasteiger partial charge in [0, 0.05) is 25.6 Å². The van der Waals surface area contributed by atoms with Crippen molar-refractivity contribution in [2.45, 2.75) is 81.9 Å². The molecule has 2 aromatic carbocycles. The number of aliphatic hydroxyl groups excluding tert-OH is 1. The van der Waals surface area contributed by atoms with Crippen molar-refractivity contribution < 1.29 is 23.1 Å². The summed E-state index contributed by atoms with van der Waals surface area (Å²) in [6.45, 7) is 6.73. The van der Waals surface area contributed by atoms with Gasteiger partial charge in [-0.05, 0) is 69.1 Å². The molecule has 2 aromatic rings. The zero-order valence-electron chi connectivity index (χ0n) is 22.8. The molecule has 1 aliphatic heterocycles. The summed E-state index contributed by atoms with van der Waals surface area (Å²) in [6.07, 6.45) is 3.70. The van der Waals surface area contributed by atoms with Crippen LogP contribution in [0.3, 0.4) is 0 Å². The first-order valence-corrected chi connectivity index (χ1v) is 15.3. The number of rotatable bonds is 11. The number of aliphatic hydroxyl groups is 1. The quantitative estimate of drug-likeness (QED) is 0.446. The molecule has 1 amide bonds. The van der Waals surface area contributed by atoms with Gasteiger partial charge in [-0.25, -0.2) is 8.42 Å². The van der Waals surface area contributed by atoms with Crippen molar-refractivity contribution in [3.05, 3.63) is 65.7 Å². The van der Waals surface area contributed by atoms with E-state index in [1.165, 1.54) is 4.31 Å². The van der Waals surface area contributed by atoms with E-state index in [2.05, 4.69) is 5.32 Å². The third-order valence-electron chi connectivity index (χ3n) is 7.83. The number of nitrogens with zero attached hydrogens (tertiary/aromatic N) is 1. The van der Waals surface area contributed by atoms with E-state index < -0.39 is 22.2 Å². The van der Waals surface area contributed by atoms with E-state index in [9.17, 15) is 18.3 Å². The molecule has 1 heterocycles. The third kappa shape index (κ3) is 7.03. The Morgan fingerprint density at radius 1 is 1.11 bits per heavy atom. The van der Waals surface area contributed by atoms with Gasteiger partial charge in [0.25, 0.3) is 0 Å². The highest BCUT2D eigenvalue weighted by Gasteiger charge is 2.45. The van der Waals surface area contributed by atoms with Crippen molar-refractivity contribution in [1.82, 2.24) is 9.62 Å². The van der Waals surface area contributed by atoms with E-state index in [1.807, 2.05) is 51.1 Å². The van der Waals surface area contributed by atoms with E-state index in [0.29, 0.717) is 12.8 Å². The van der Waals surface area contributed by atoms with Crippen LogP contribution < -0.4 is 5.32 Å². The predicted octanol–water partition coefficient (Wildman–Crippen LogP) is 4.08. The molecule has 1 saturated carbocycles. The summed E-state index contributed by atoms with van der Waals surface area (Å²) >= 11 is 0. The van der Waals surface area contributed by atoms with Crippen LogP contribution in [0.1, 0.15) is 57.1 Å². The van der Waals surface area contributed by atoms with Gasteiger partial charge in [-0.15, -0.1) is 0 Å². The maximum absolute atomic E-state index is 13.6. The average molecular weight is 543 g/mol. The molecule has 2 fully saturated rings. The number of nitrogens with one attached hydrogen (secondary N) is 1. The molecule has 0 bridgehead atoms. The Hall–Kier alpha value is -2.26.